The van der Waals surface area contributed by atoms with Crippen molar-refractivity contribution in [2.24, 2.45) is 0 Å². The van der Waals surface area contributed by atoms with E-state index in [1.54, 1.807) is 23.0 Å². The van der Waals surface area contributed by atoms with Gasteiger partial charge in [-0.25, -0.2) is 4.39 Å². The van der Waals surface area contributed by atoms with E-state index in [0.29, 0.717) is 6.42 Å². The van der Waals surface area contributed by atoms with Crippen LogP contribution in [0.25, 0.3) is 0 Å². The fraction of sp³-hybridized carbons (Fsp3) is 0.357. The third-order valence-electron chi connectivity index (χ3n) is 2.90. The summed E-state index contributed by atoms with van der Waals surface area (Å²) in [4.78, 5) is 0. The predicted octanol–water partition coefficient (Wildman–Crippen LogP) is 3.47. The Kier molecular flexibility index (Phi) is 4.71. The third-order valence-corrected chi connectivity index (χ3v) is 3.51. The zero-order chi connectivity index (χ0) is 13.8. The van der Waals surface area contributed by atoms with E-state index >= 15 is 0 Å². The molecule has 19 heavy (non-hydrogen) atoms. The number of benzene rings is 1. The summed E-state index contributed by atoms with van der Waals surface area (Å²) < 4.78 is 15.7. The molecule has 0 aliphatic carbocycles. The minimum absolute atomic E-state index is 0.286. The molecular formula is C14H16BrFN2O. The number of nitrogens with zero attached hydrogens (tertiary/aromatic N) is 2. The van der Waals surface area contributed by atoms with Crippen molar-refractivity contribution in [3.8, 4) is 0 Å². The average Bonchev–Trinajstić information content (AvgIpc) is 2.71. The molecule has 1 N–H and O–H groups in total. The number of aryl methyl sites for hydroxylation is 1. The Labute approximate surface area is 120 Å². The van der Waals surface area contributed by atoms with Crippen molar-refractivity contribution in [1.29, 1.82) is 0 Å². The molecule has 0 spiro atoms. The van der Waals surface area contributed by atoms with Crippen molar-refractivity contribution < 1.29 is 9.50 Å². The van der Waals surface area contributed by atoms with Crippen molar-refractivity contribution in [3.63, 3.8) is 0 Å². The standard InChI is InChI=1S/C14H16BrFN2O/c1-2-6-18-14(12(15)9-17-18)13(19)8-10-4-3-5-11(16)7-10/h3-5,7,9,13,19H,2,6,8H2,1H3. The first-order chi connectivity index (χ1) is 9.11. The molecular weight excluding hydrogens is 311 g/mol. The van der Waals surface area contributed by atoms with Crippen LogP contribution in [0.2, 0.25) is 0 Å². The number of hydrogen-bond donors (Lipinski definition) is 1. The Balaban J connectivity index is 2.20. The largest absolute Gasteiger partial charge is 0.386 e. The molecule has 5 heteroatoms. The van der Waals surface area contributed by atoms with E-state index in [4.69, 9.17) is 0 Å². The van der Waals surface area contributed by atoms with Gasteiger partial charge in [-0.05, 0) is 40.0 Å². The minimum Gasteiger partial charge on any atom is -0.386 e. The fourth-order valence-corrected chi connectivity index (χ4v) is 2.64. The van der Waals surface area contributed by atoms with Gasteiger partial charge < -0.3 is 5.11 Å². The number of aromatic nitrogens is 2. The number of aliphatic hydroxyl groups is 1. The number of hydrogen-bond acceptors (Lipinski definition) is 2. The molecule has 0 saturated heterocycles. The maximum atomic E-state index is 13.1. The van der Waals surface area contributed by atoms with Crippen molar-refractivity contribution in [1.82, 2.24) is 9.78 Å². The SMILES string of the molecule is CCCn1ncc(Br)c1C(O)Cc1cccc(F)c1. The molecule has 2 rings (SSSR count). The summed E-state index contributed by atoms with van der Waals surface area (Å²) in [6.07, 6.45) is 2.28. The van der Waals surface area contributed by atoms with Crippen LogP contribution >= 0.6 is 15.9 Å². The first-order valence-electron chi connectivity index (χ1n) is 6.25. The maximum absolute atomic E-state index is 13.1. The van der Waals surface area contributed by atoms with Gasteiger partial charge in [-0.3, -0.25) is 4.68 Å². The molecule has 1 atom stereocenters. The van der Waals surface area contributed by atoms with Gasteiger partial charge in [-0.2, -0.15) is 5.10 Å². The summed E-state index contributed by atoms with van der Waals surface area (Å²) in [6, 6.07) is 6.29. The lowest BCUT2D eigenvalue weighted by Gasteiger charge is -2.14. The summed E-state index contributed by atoms with van der Waals surface area (Å²) in [5.41, 5.74) is 1.51. The summed E-state index contributed by atoms with van der Waals surface area (Å²) in [5, 5.41) is 14.6. The topological polar surface area (TPSA) is 38.0 Å². The van der Waals surface area contributed by atoms with E-state index in [1.165, 1.54) is 12.1 Å². The van der Waals surface area contributed by atoms with Gasteiger partial charge >= 0.3 is 0 Å². The van der Waals surface area contributed by atoms with Crippen molar-refractivity contribution >= 4 is 15.9 Å². The molecule has 0 aliphatic rings. The molecule has 1 unspecified atom stereocenters. The van der Waals surface area contributed by atoms with E-state index in [-0.39, 0.29) is 5.82 Å². The summed E-state index contributed by atoms with van der Waals surface area (Å²) in [6.45, 7) is 2.81. The fourth-order valence-electron chi connectivity index (χ4n) is 2.08. The third kappa shape index (κ3) is 3.42. The lowest BCUT2D eigenvalue weighted by molar-refractivity contribution is 0.165. The predicted molar refractivity (Wildman–Crippen MR) is 75.3 cm³/mol. The zero-order valence-corrected chi connectivity index (χ0v) is 12.3. The summed E-state index contributed by atoms with van der Waals surface area (Å²) in [7, 11) is 0. The van der Waals surface area contributed by atoms with Gasteiger partial charge in [0, 0.05) is 13.0 Å². The molecule has 0 amide bonds. The molecule has 0 radical (unpaired) electrons. The van der Waals surface area contributed by atoms with Crippen molar-refractivity contribution in [2.75, 3.05) is 0 Å². The van der Waals surface area contributed by atoms with Crippen molar-refractivity contribution in [3.05, 3.63) is 52.0 Å². The molecule has 102 valence electrons. The Morgan fingerprint density at radius 2 is 2.26 bits per heavy atom. The quantitative estimate of drug-likeness (QED) is 0.913. The minimum atomic E-state index is -0.703. The average molecular weight is 327 g/mol. The van der Waals surface area contributed by atoms with Gasteiger partial charge in [-0.15, -0.1) is 0 Å². The highest BCUT2D eigenvalue weighted by Gasteiger charge is 2.18. The van der Waals surface area contributed by atoms with Crippen LogP contribution in [0.4, 0.5) is 4.39 Å². The summed E-state index contributed by atoms with van der Waals surface area (Å²) >= 11 is 3.40. The molecule has 1 aromatic heterocycles. The Morgan fingerprint density at radius 3 is 2.95 bits per heavy atom. The molecule has 0 aliphatic heterocycles. The highest BCUT2D eigenvalue weighted by Crippen LogP contribution is 2.26. The maximum Gasteiger partial charge on any atom is 0.123 e. The second-order valence-electron chi connectivity index (χ2n) is 4.45. The Hall–Kier alpha value is -1.20. The second-order valence-corrected chi connectivity index (χ2v) is 5.31. The van der Waals surface area contributed by atoms with Crippen LogP contribution in [0.3, 0.4) is 0 Å². The van der Waals surface area contributed by atoms with E-state index < -0.39 is 6.10 Å². The van der Waals surface area contributed by atoms with Gasteiger partial charge in [0.15, 0.2) is 0 Å². The van der Waals surface area contributed by atoms with E-state index in [9.17, 15) is 9.50 Å². The number of aliphatic hydroxyl groups excluding tert-OH is 1. The first-order valence-corrected chi connectivity index (χ1v) is 7.04. The van der Waals surface area contributed by atoms with Crippen LogP contribution in [0.5, 0.6) is 0 Å². The van der Waals surface area contributed by atoms with Crippen LogP contribution in [-0.4, -0.2) is 14.9 Å². The van der Waals surface area contributed by atoms with Crippen LogP contribution in [0.1, 0.15) is 30.7 Å². The highest BCUT2D eigenvalue weighted by atomic mass is 79.9. The first kappa shape index (κ1) is 14.2. The van der Waals surface area contributed by atoms with Crippen LogP contribution < -0.4 is 0 Å². The number of halogens is 2. The van der Waals surface area contributed by atoms with Crippen LogP contribution in [0.15, 0.2) is 34.9 Å². The van der Waals surface area contributed by atoms with Gasteiger partial charge in [0.2, 0.25) is 0 Å². The van der Waals surface area contributed by atoms with E-state index in [1.807, 2.05) is 0 Å². The van der Waals surface area contributed by atoms with Gasteiger partial charge in [0.05, 0.1) is 16.4 Å². The molecule has 1 heterocycles. The normalized spacial score (nSPS) is 12.6. The van der Waals surface area contributed by atoms with Gasteiger partial charge in [-0.1, -0.05) is 19.1 Å². The molecule has 0 saturated carbocycles. The monoisotopic (exact) mass is 326 g/mol. The molecule has 2 aromatic rings. The second kappa shape index (κ2) is 6.30. The van der Waals surface area contributed by atoms with Gasteiger partial charge in [0.1, 0.15) is 11.9 Å². The van der Waals surface area contributed by atoms with E-state index in [0.717, 1.165) is 28.7 Å². The van der Waals surface area contributed by atoms with E-state index in [2.05, 4.69) is 28.0 Å². The smallest absolute Gasteiger partial charge is 0.123 e. The molecule has 0 bridgehead atoms. The lowest BCUT2D eigenvalue weighted by Crippen LogP contribution is -2.11. The Bertz CT molecular complexity index is 556. The van der Waals surface area contributed by atoms with Gasteiger partial charge in [0.25, 0.3) is 0 Å². The lowest BCUT2D eigenvalue weighted by atomic mass is 10.1. The Morgan fingerprint density at radius 1 is 1.47 bits per heavy atom. The summed E-state index contributed by atoms with van der Waals surface area (Å²) in [5.74, 6) is -0.286. The highest BCUT2D eigenvalue weighted by molar-refractivity contribution is 9.10. The zero-order valence-electron chi connectivity index (χ0n) is 10.7. The molecule has 0 fully saturated rings. The number of rotatable bonds is 5. The van der Waals surface area contributed by atoms with Crippen LogP contribution in [0, 0.1) is 5.82 Å². The van der Waals surface area contributed by atoms with Crippen LogP contribution in [-0.2, 0) is 13.0 Å². The van der Waals surface area contributed by atoms with Crippen molar-refractivity contribution in [2.45, 2.75) is 32.4 Å². The molecule has 1 aromatic carbocycles. The molecule has 3 nitrogen and oxygen atoms in total.